The number of carbonyl (C=O) groups excluding carboxylic acids is 1. The van der Waals surface area contributed by atoms with Gasteiger partial charge < -0.3 is 15.0 Å². The summed E-state index contributed by atoms with van der Waals surface area (Å²) >= 11 is 5.98. The Morgan fingerprint density at radius 3 is 2.62 bits per heavy atom. The van der Waals surface area contributed by atoms with Crippen LogP contribution in [0.25, 0.3) is 22.3 Å². The average Bonchev–Trinajstić information content (AvgIpc) is 2.89. The van der Waals surface area contributed by atoms with Gasteiger partial charge in [-0.3, -0.25) is 9.78 Å². The molecular weight excluding hydrogens is 514 g/mol. The predicted molar refractivity (Wildman–Crippen MR) is 144 cm³/mol. The molecule has 1 N–H and O–H groups in total. The number of methoxy groups -OCH3 is 1. The molecule has 1 aromatic carbocycles. The maximum absolute atomic E-state index is 12.7. The van der Waals surface area contributed by atoms with E-state index < -0.39 is 15.7 Å². The van der Waals surface area contributed by atoms with Crippen molar-refractivity contribution in [3.05, 3.63) is 77.1 Å². The Morgan fingerprint density at radius 2 is 1.86 bits per heavy atom. The second-order valence-corrected chi connectivity index (χ2v) is 10.9. The minimum atomic E-state index is -3.57. The SMILES string of the molecule is COCCN(C)c1cccc(-c2ccc3cnc(CNC(=O)c4ccc(Cl)c(S(C)(=O)=O)c4)cc3n2)n1. The average molecular weight is 540 g/mol. The normalized spacial score (nSPS) is 11.5. The van der Waals surface area contributed by atoms with Crippen molar-refractivity contribution in [2.75, 3.05) is 38.5 Å². The number of benzene rings is 1. The van der Waals surface area contributed by atoms with Crippen molar-refractivity contribution in [2.45, 2.75) is 11.4 Å². The molecule has 1 amide bonds. The number of amides is 1. The molecule has 0 saturated heterocycles. The first-order valence-electron chi connectivity index (χ1n) is 11.4. The van der Waals surface area contributed by atoms with Crippen LogP contribution in [0.2, 0.25) is 5.02 Å². The molecule has 0 fully saturated rings. The van der Waals surface area contributed by atoms with Gasteiger partial charge in [0.2, 0.25) is 0 Å². The van der Waals surface area contributed by atoms with E-state index in [9.17, 15) is 13.2 Å². The minimum Gasteiger partial charge on any atom is -0.383 e. The molecule has 0 spiro atoms. The monoisotopic (exact) mass is 539 g/mol. The summed E-state index contributed by atoms with van der Waals surface area (Å²) in [6.07, 6.45) is 2.74. The molecular formula is C26H26ClN5O4S. The third kappa shape index (κ3) is 6.40. The molecule has 0 saturated carbocycles. The van der Waals surface area contributed by atoms with Gasteiger partial charge in [0.15, 0.2) is 9.84 Å². The van der Waals surface area contributed by atoms with E-state index in [0.29, 0.717) is 30.1 Å². The van der Waals surface area contributed by atoms with Crippen LogP contribution in [-0.4, -0.2) is 62.8 Å². The van der Waals surface area contributed by atoms with Gasteiger partial charge >= 0.3 is 0 Å². The van der Waals surface area contributed by atoms with E-state index in [4.69, 9.17) is 26.3 Å². The number of rotatable bonds is 9. The number of hydrogen-bond acceptors (Lipinski definition) is 8. The first kappa shape index (κ1) is 26.5. The molecule has 0 aliphatic carbocycles. The Bertz CT molecular complexity index is 1560. The number of nitrogens with zero attached hydrogens (tertiary/aromatic N) is 4. The van der Waals surface area contributed by atoms with E-state index in [1.54, 1.807) is 19.4 Å². The largest absolute Gasteiger partial charge is 0.383 e. The lowest BCUT2D eigenvalue weighted by Crippen LogP contribution is -2.23. The standard InChI is InChI=1S/C26H26ClN5O4S/c1-32(11-12-36-2)25-6-4-5-21(31-25)22-10-8-18-15-28-19(14-23(18)30-22)16-29-26(33)17-7-9-20(27)24(13-17)37(3,34)35/h4-10,13-15H,11-12,16H2,1-3H3,(H,29,33). The fourth-order valence-corrected chi connectivity index (χ4v) is 4.92. The quantitative estimate of drug-likeness (QED) is 0.342. The number of hydrogen-bond donors (Lipinski definition) is 1. The number of carbonyl (C=O) groups is 1. The number of fused-ring (bicyclic) bond motifs is 1. The van der Waals surface area contributed by atoms with Gasteiger partial charge in [-0.15, -0.1) is 0 Å². The number of nitrogens with one attached hydrogen (secondary N) is 1. The smallest absolute Gasteiger partial charge is 0.251 e. The molecule has 192 valence electrons. The number of anilines is 1. The van der Waals surface area contributed by atoms with Crippen LogP contribution in [0.4, 0.5) is 5.82 Å². The van der Waals surface area contributed by atoms with E-state index in [1.165, 1.54) is 18.2 Å². The second kappa shape index (κ2) is 11.2. The summed E-state index contributed by atoms with van der Waals surface area (Å²) in [5.41, 5.74) is 2.95. The number of aromatic nitrogens is 3. The number of sulfone groups is 1. The van der Waals surface area contributed by atoms with Gasteiger partial charge in [0.05, 0.1) is 45.7 Å². The van der Waals surface area contributed by atoms with Gasteiger partial charge in [-0.2, -0.15) is 0 Å². The Morgan fingerprint density at radius 1 is 1.08 bits per heavy atom. The fourth-order valence-electron chi connectivity index (χ4n) is 3.62. The number of pyridine rings is 3. The first-order valence-corrected chi connectivity index (χ1v) is 13.6. The number of likely N-dealkylation sites (N-methyl/N-ethyl adjacent to an activating group) is 1. The van der Waals surface area contributed by atoms with Crippen LogP contribution < -0.4 is 10.2 Å². The van der Waals surface area contributed by atoms with Crippen LogP contribution in [-0.2, 0) is 21.1 Å². The number of ether oxygens (including phenoxy) is 1. The second-order valence-electron chi connectivity index (χ2n) is 8.46. The van der Waals surface area contributed by atoms with E-state index in [1.807, 2.05) is 42.3 Å². The molecule has 9 nitrogen and oxygen atoms in total. The number of halogens is 1. The predicted octanol–water partition coefficient (Wildman–Crippen LogP) is 3.76. The zero-order valence-electron chi connectivity index (χ0n) is 20.6. The molecule has 0 unspecified atom stereocenters. The molecule has 3 heterocycles. The van der Waals surface area contributed by atoms with E-state index in [2.05, 4.69) is 10.3 Å². The van der Waals surface area contributed by atoms with Crippen molar-refractivity contribution >= 4 is 44.1 Å². The highest BCUT2D eigenvalue weighted by molar-refractivity contribution is 7.90. The van der Waals surface area contributed by atoms with Crippen LogP contribution in [0.15, 0.2) is 65.7 Å². The lowest BCUT2D eigenvalue weighted by Gasteiger charge is -2.18. The molecule has 0 aliphatic heterocycles. The van der Waals surface area contributed by atoms with Crippen LogP contribution in [0.3, 0.4) is 0 Å². The van der Waals surface area contributed by atoms with Gasteiger partial charge in [-0.05, 0) is 48.5 Å². The Balaban J connectivity index is 1.52. The van der Waals surface area contributed by atoms with Crippen molar-refractivity contribution in [3.8, 4) is 11.4 Å². The van der Waals surface area contributed by atoms with Gasteiger partial charge in [0.25, 0.3) is 5.91 Å². The first-order chi connectivity index (χ1) is 17.7. The summed E-state index contributed by atoms with van der Waals surface area (Å²) < 4.78 is 29.0. The van der Waals surface area contributed by atoms with Gasteiger partial charge in [-0.1, -0.05) is 17.7 Å². The Kier molecular flexibility index (Phi) is 8.01. The molecule has 0 atom stereocenters. The summed E-state index contributed by atoms with van der Waals surface area (Å²) in [6, 6.07) is 15.5. The molecule has 0 radical (unpaired) electrons. The summed E-state index contributed by atoms with van der Waals surface area (Å²) in [6.45, 7) is 1.44. The summed E-state index contributed by atoms with van der Waals surface area (Å²) in [5, 5.41) is 3.68. The Hall–Kier alpha value is -3.60. The maximum Gasteiger partial charge on any atom is 0.251 e. The molecule has 4 aromatic rings. The van der Waals surface area contributed by atoms with E-state index in [0.717, 1.165) is 23.2 Å². The van der Waals surface area contributed by atoms with Crippen molar-refractivity contribution < 1.29 is 17.9 Å². The highest BCUT2D eigenvalue weighted by atomic mass is 35.5. The van der Waals surface area contributed by atoms with Gasteiger partial charge in [0.1, 0.15) is 5.82 Å². The van der Waals surface area contributed by atoms with Crippen molar-refractivity contribution in [3.63, 3.8) is 0 Å². The zero-order valence-corrected chi connectivity index (χ0v) is 22.2. The highest BCUT2D eigenvalue weighted by Gasteiger charge is 2.16. The van der Waals surface area contributed by atoms with Crippen LogP contribution in [0.1, 0.15) is 16.1 Å². The lowest BCUT2D eigenvalue weighted by molar-refractivity contribution is 0.0950. The summed E-state index contributed by atoms with van der Waals surface area (Å²) in [7, 11) is 0.0542. The van der Waals surface area contributed by atoms with Crippen LogP contribution in [0.5, 0.6) is 0 Å². The maximum atomic E-state index is 12.7. The third-order valence-corrected chi connectivity index (χ3v) is 7.25. The van der Waals surface area contributed by atoms with E-state index in [-0.39, 0.29) is 22.0 Å². The summed E-state index contributed by atoms with van der Waals surface area (Å²) in [5.74, 6) is 0.375. The van der Waals surface area contributed by atoms with Crippen molar-refractivity contribution in [2.24, 2.45) is 0 Å². The van der Waals surface area contributed by atoms with E-state index >= 15 is 0 Å². The highest BCUT2D eigenvalue weighted by Crippen LogP contribution is 2.24. The third-order valence-electron chi connectivity index (χ3n) is 5.67. The summed E-state index contributed by atoms with van der Waals surface area (Å²) in [4.78, 5) is 28.5. The van der Waals surface area contributed by atoms with Crippen LogP contribution >= 0.6 is 11.6 Å². The van der Waals surface area contributed by atoms with Crippen molar-refractivity contribution in [1.82, 2.24) is 20.3 Å². The Labute approximate surface area is 220 Å². The minimum absolute atomic E-state index is 0.0683. The molecule has 37 heavy (non-hydrogen) atoms. The fraction of sp³-hybridized carbons (Fsp3) is 0.231. The molecule has 4 rings (SSSR count). The van der Waals surface area contributed by atoms with Gasteiger partial charge in [-0.25, -0.2) is 18.4 Å². The molecule has 0 aliphatic rings. The molecule has 3 aromatic heterocycles. The lowest BCUT2D eigenvalue weighted by atomic mass is 10.2. The van der Waals surface area contributed by atoms with Gasteiger partial charge in [0, 0.05) is 44.1 Å². The van der Waals surface area contributed by atoms with Crippen molar-refractivity contribution in [1.29, 1.82) is 0 Å². The zero-order chi connectivity index (χ0) is 26.6. The topological polar surface area (TPSA) is 114 Å². The molecule has 11 heteroatoms. The molecule has 0 bridgehead atoms. The van der Waals surface area contributed by atoms with Crippen LogP contribution in [0, 0.1) is 0 Å².